The zero-order valence-corrected chi connectivity index (χ0v) is 15.3. The molecule has 2 saturated heterocycles. The van der Waals surface area contributed by atoms with Crippen LogP contribution in [0.25, 0.3) is 0 Å². The molecular formula is C23H28FNO. The summed E-state index contributed by atoms with van der Waals surface area (Å²) in [5.74, 6) is 1.38. The zero-order chi connectivity index (χ0) is 18.0. The van der Waals surface area contributed by atoms with Crippen molar-refractivity contribution in [2.24, 2.45) is 11.8 Å². The van der Waals surface area contributed by atoms with Gasteiger partial charge in [-0.25, -0.2) is 4.39 Å². The van der Waals surface area contributed by atoms with Crippen molar-refractivity contribution in [3.63, 3.8) is 0 Å². The van der Waals surface area contributed by atoms with Gasteiger partial charge < -0.3 is 10.0 Å². The molecule has 3 aliphatic rings. The fraction of sp³-hybridized carbons (Fsp3) is 0.478. The minimum Gasteiger partial charge on any atom is -0.380 e. The standard InChI is InChI=1S/C23H28FNO/c24-22-12-10-21(11-13-22)23(26,20-4-2-1-3-5-20)14-15-25-16-18-6-7-19(17-25)9-8-18/h1-5,10-13,18-19,26H,6-9,14-17H2/t18?,19?,23-/m0/s1. The summed E-state index contributed by atoms with van der Waals surface area (Å²) < 4.78 is 13.4. The minimum absolute atomic E-state index is 0.270. The normalized spacial score (nSPS) is 25.6. The first-order chi connectivity index (χ1) is 12.6. The van der Waals surface area contributed by atoms with E-state index in [1.165, 1.54) is 37.8 Å². The first-order valence-corrected chi connectivity index (χ1v) is 9.90. The molecule has 2 aromatic carbocycles. The molecule has 0 aromatic heterocycles. The van der Waals surface area contributed by atoms with Crippen molar-refractivity contribution >= 4 is 0 Å². The highest BCUT2D eigenvalue weighted by molar-refractivity contribution is 5.36. The van der Waals surface area contributed by atoms with E-state index >= 15 is 0 Å². The van der Waals surface area contributed by atoms with Gasteiger partial charge in [0.1, 0.15) is 11.4 Å². The lowest BCUT2D eigenvalue weighted by atomic mass is 9.83. The lowest BCUT2D eigenvalue weighted by Gasteiger charge is -2.32. The highest BCUT2D eigenvalue weighted by atomic mass is 19.1. The second-order valence-electron chi connectivity index (χ2n) is 8.13. The third-order valence-corrected chi connectivity index (χ3v) is 6.36. The van der Waals surface area contributed by atoms with E-state index in [1.54, 1.807) is 12.1 Å². The maximum atomic E-state index is 13.4. The number of hydrogen-bond donors (Lipinski definition) is 1. The molecule has 2 aromatic rings. The Morgan fingerprint density at radius 3 is 1.96 bits per heavy atom. The molecule has 5 rings (SSSR count). The monoisotopic (exact) mass is 353 g/mol. The number of aliphatic hydroxyl groups is 1. The summed E-state index contributed by atoms with van der Waals surface area (Å²) in [7, 11) is 0. The van der Waals surface area contributed by atoms with Crippen LogP contribution in [-0.4, -0.2) is 29.6 Å². The SMILES string of the molecule is O[C@@](CCN1CC2CCC(CC2)C1)(c1ccccc1)c1ccc(F)cc1. The van der Waals surface area contributed by atoms with Crippen LogP contribution in [0.15, 0.2) is 54.6 Å². The van der Waals surface area contributed by atoms with Crippen LogP contribution in [0.4, 0.5) is 4.39 Å². The van der Waals surface area contributed by atoms with Crippen LogP contribution in [0.2, 0.25) is 0 Å². The smallest absolute Gasteiger partial charge is 0.123 e. The second kappa shape index (κ2) is 7.50. The van der Waals surface area contributed by atoms with Crippen LogP contribution in [-0.2, 0) is 5.60 Å². The summed E-state index contributed by atoms with van der Waals surface area (Å²) in [6, 6.07) is 16.1. The van der Waals surface area contributed by atoms with E-state index in [-0.39, 0.29) is 5.82 Å². The van der Waals surface area contributed by atoms with Gasteiger partial charge in [0.05, 0.1) is 0 Å². The molecule has 2 bridgehead atoms. The molecule has 138 valence electrons. The van der Waals surface area contributed by atoms with Gasteiger partial charge in [-0.1, -0.05) is 42.5 Å². The molecule has 1 saturated carbocycles. The van der Waals surface area contributed by atoms with Crippen molar-refractivity contribution in [1.82, 2.24) is 4.90 Å². The van der Waals surface area contributed by atoms with E-state index < -0.39 is 5.60 Å². The third-order valence-electron chi connectivity index (χ3n) is 6.36. The molecule has 2 aliphatic heterocycles. The van der Waals surface area contributed by atoms with Crippen molar-refractivity contribution in [3.05, 3.63) is 71.5 Å². The highest BCUT2D eigenvalue weighted by Crippen LogP contribution is 2.36. The Hall–Kier alpha value is -1.71. The van der Waals surface area contributed by atoms with Crippen LogP contribution >= 0.6 is 0 Å². The van der Waals surface area contributed by atoms with Gasteiger partial charge in [0.15, 0.2) is 0 Å². The summed E-state index contributed by atoms with van der Waals surface area (Å²) in [5, 5.41) is 11.6. The number of halogens is 1. The first-order valence-electron chi connectivity index (χ1n) is 9.90. The molecular weight excluding hydrogens is 325 g/mol. The van der Waals surface area contributed by atoms with Gasteiger partial charge in [0, 0.05) is 19.6 Å². The Bertz CT molecular complexity index is 695. The van der Waals surface area contributed by atoms with Gasteiger partial charge in [-0.05, 0) is 67.2 Å². The van der Waals surface area contributed by atoms with Crippen molar-refractivity contribution < 1.29 is 9.50 Å². The van der Waals surface area contributed by atoms with Crippen molar-refractivity contribution in [3.8, 4) is 0 Å². The van der Waals surface area contributed by atoms with Crippen molar-refractivity contribution in [2.75, 3.05) is 19.6 Å². The van der Waals surface area contributed by atoms with Crippen LogP contribution in [0.1, 0.15) is 43.2 Å². The van der Waals surface area contributed by atoms with E-state index in [1.807, 2.05) is 30.3 Å². The summed E-state index contributed by atoms with van der Waals surface area (Å²) in [6.45, 7) is 3.19. The van der Waals surface area contributed by atoms with Gasteiger partial charge >= 0.3 is 0 Å². The average molecular weight is 353 g/mol. The minimum atomic E-state index is -1.08. The molecule has 1 aliphatic carbocycles. The average Bonchev–Trinajstić information content (AvgIpc) is 3.00. The summed E-state index contributed by atoms with van der Waals surface area (Å²) in [4.78, 5) is 2.55. The Labute approximate surface area is 155 Å². The molecule has 1 atom stereocenters. The fourth-order valence-electron chi connectivity index (χ4n) is 4.80. The lowest BCUT2D eigenvalue weighted by molar-refractivity contribution is 0.0558. The van der Waals surface area contributed by atoms with E-state index in [9.17, 15) is 9.50 Å². The van der Waals surface area contributed by atoms with Gasteiger partial charge in [0.2, 0.25) is 0 Å². The summed E-state index contributed by atoms with van der Waals surface area (Å²) in [5.41, 5.74) is 0.563. The molecule has 26 heavy (non-hydrogen) atoms. The lowest BCUT2D eigenvalue weighted by Crippen LogP contribution is -2.36. The van der Waals surface area contributed by atoms with Crippen LogP contribution in [0.5, 0.6) is 0 Å². The van der Waals surface area contributed by atoms with Crippen LogP contribution < -0.4 is 0 Å². The van der Waals surface area contributed by atoms with E-state index in [4.69, 9.17) is 0 Å². The molecule has 0 radical (unpaired) electrons. The Balaban J connectivity index is 1.56. The summed E-state index contributed by atoms with van der Waals surface area (Å²) >= 11 is 0. The molecule has 3 fully saturated rings. The number of rotatable bonds is 5. The maximum absolute atomic E-state index is 13.4. The van der Waals surface area contributed by atoms with Crippen LogP contribution in [0.3, 0.4) is 0 Å². The predicted molar refractivity (Wildman–Crippen MR) is 102 cm³/mol. The molecule has 0 unspecified atom stereocenters. The summed E-state index contributed by atoms with van der Waals surface area (Å²) in [6.07, 6.45) is 6.08. The van der Waals surface area contributed by atoms with Crippen molar-refractivity contribution in [1.29, 1.82) is 0 Å². The molecule has 0 spiro atoms. The zero-order valence-electron chi connectivity index (χ0n) is 15.3. The first kappa shape index (κ1) is 17.7. The Morgan fingerprint density at radius 1 is 0.846 bits per heavy atom. The Kier molecular flexibility index (Phi) is 5.10. The van der Waals surface area contributed by atoms with Crippen molar-refractivity contribution in [2.45, 2.75) is 37.7 Å². The highest BCUT2D eigenvalue weighted by Gasteiger charge is 2.34. The van der Waals surface area contributed by atoms with E-state index in [0.29, 0.717) is 6.42 Å². The number of benzene rings is 2. The van der Waals surface area contributed by atoms with Crippen LogP contribution in [0, 0.1) is 17.7 Å². The van der Waals surface area contributed by atoms with Gasteiger partial charge in [-0.2, -0.15) is 0 Å². The Morgan fingerprint density at radius 2 is 1.38 bits per heavy atom. The van der Waals surface area contributed by atoms with Gasteiger partial charge in [0.25, 0.3) is 0 Å². The fourth-order valence-corrected chi connectivity index (χ4v) is 4.80. The van der Waals surface area contributed by atoms with Gasteiger partial charge in [-0.15, -0.1) is 0 Å². The topological polar surface area (TPSA) is 23.5 Å². The molecule has 0 amide bonds. The molecule has 2 nitrogen and oxygen atoms in total. The largest absolute Gasteiger partial charge is 0.380 e. The number of nitrogens with zero attached hydrogens (tertiary/aromatic N) is 1. The van der Waals surface area contributed by atoms with E-state index in [2.05, 4.69) is 4.90 Å². The predicted octanol–water partition coefficient (Wildman–Crippen LogP) is 4.57. The van der Waals surface area contributed by atoms with Gasteiger partial charge in [-0.3, -0.25) is 0 Å². The molecule has 2 heterocycles. The van der Waals surface area contributed by atoms with E-state index in [0.717, 1.165) is 42.6 Å². The number of fused-ring (bicyclic) bond motifs is 4. The third kappa shape index (κ3) is 3.70. The maximum Gasteiger partial charge on any atom is 0.123 e. The molecule has 3 heteroatoms. The molecule has 1 N–H and O–H groups in total. The quantitative estimate of drug-likeness (QED) is 0.851. The number of hydrogen-bond acceptors (Lipinski definition) is 2. The second-order valence-corrected chi connectivity index (χ2v) is 8.13.